The van der Waals surface area contributed by atoms with Crippen LogP contribution >= 0.6 is 11.6 Å². The number of anilines is 1. The number of amides is 1. The SMILES string of the molecule is COc1ccccc1C(=O)N=Nc1cc(NS(=O)(=O)c2ccc(Cl)cc2)c2ccccc2c1O. The Hall–Kier alpha value is -3.95. The number of hydrogen-bond donors (Lipinski definition) is 2. The number of fused-ring (bicyclic) bond motifs is 1. The van der Waals surface area contributed by atoms with E-state index >= 15 is 0 Å². The van der Waals surface area contributed by atoms with Crippen molar-refractivity contribution in [2.45, 2.75) is 4.90 Å². The van der Waals surface area contributed by atoms with Crippen molar-refractivity contribution in [3.63, 3.8) is 0 Å². The molecular weight excluding hydrogens is 478 g/mol. The molecular formula is C24H18ClN3O5S. The number of halogens is 1. The number of methoxy groups -OCH3 is 1. The molecule has 10 heteroatoms. The molecule has 0 saturated carbocycles. The van der Waals surface area contributed by atoms with Crippen molar-refractivity contribution < 1.29 is 23.1 Å². The normalized spacial score (nSPS) is 11.6. The first-order valence-electron chi connectivity index (χ1n) is 9.92. The lowest BCUT2D eigenvalue weighted by atomic mass is 10.1. The maximum absolute atomic E-state index is 12.9. The van der Waals surface area contributed by atoms with Crippen LogP contribution in [0.15, 0.2) is 94.0 Å². The first kappa shape index (κ1) is 23.2. The third kappa shape index (κ3) is 4.70. The zero-order valence-corrected chi connectivity index (χ0v) is 19.3. The van der Waals surface area contributed by atoms with Crippen LogP contribution in [0.2, 0.25) is 5.02 Å². The molecule has 0 spiro atoms. The van der Waals surface area contributed by atoms with Gasteiger partial charge in [-0.15, -0.1) is 10.2 Å². The van der Waals surface area contributed by atoms with Crippen molar-refractivity contribution in [1.82, 2.24) is 0 Å². The number of ether oxygens (including phenoxy) is 1. The van der Waals surface area contributed by atoms with Crippen molar-refractivity contribution in [3.05, 3.63) is 89.4 Å². The number of benzene rings is 4. The molecule has 0 saturated heterocycles. The lowest BCUT2D eigenvalue weighted by Crippen LogP contribution is -2.13. The van der Waals surface area contributed by atoms with E-state index in [9.17, 15) is 18.3 Å². The van der Waals surface area contributed by atoms with E-state index in [1.165, 1.54) is 43.5 Å². The smallest absolute Gasteiger partial charge is 0.299 e. The zero-order chi connectivity index (χ0) is 24.3. The van der Waals surface area contributed by atoms with Gasteiger partial charge in [0.2, 0.25) is 0 Å². The summed E-state index contributed by atoms with van der Waals surface area (Å²) in [6.45, 7) is 0. The summed E-state index contributed by atoms with van der Waals surface area (Å²) >= 11 is 5.86. The molecule has 0 aliphatic carbocycles. The van der Waals surface area contributed by atoms with Gasteiger partial charge in [0.05, 0.1) is 23.3 Å². The fourth-order valence-electron chi connectivity index (χ4n) is 3.30. The first-order chi connectivity index (χ1) is 16.3. The van der Waals surface area contributed by atoms with E-state index in [0.29, 0.717) is 21.5 Å². The molecule has 0 heterocycles. The molecule has 4 rings (SSSR count). The highest BCUT2D eigenvalue weighted by molar-refractivity contribution is 7.92. The molecule has 0 aliphatic heterocycles. The van der Waals surface area contributed by atoms with Gasteiger partial charge in [0.25, 0.3) is 15.9 Å². The number of sulfonamides is 1. The average Bonchev–Trinajstić information content (AvgIpc) is 2.85. The fourth-order valence-corrected chi connectivity index (χ4v) is 4.49. The first-order valence-corrected chi connectivity index (χ1v) is 11.8. The van der Waals surface area contributed by atoms with E-state index in [1.54, 1.807) is 42.5 Å². The van der Waals surface area contributed by atoms with E-state index in [2.05, 4.69) is 15.0 Å². The number of aromatic hydroxyl groups is 1. The molecule has 0 unspecified atom stereocenters. The van der Waals surface area contributed by atoms with E-state index in [0.717, 1.165) is 0 Å². The molecule has 2 N–H and O–H groups in total. The number of rotatable bonds is 6. The second kappa shape index (κ2) is 9.50. The Labute approximate surface area is 200 Å². The summed E-state index contributed by atoms with van der Waals surface area (Å²) in [7, 11) is -2.55. The molecule has 4 aromatic carbocycles. The number of nitrogens with zero attached hydrogens (tertiary/aromatic N) is 2. The highest BCUT2D eigenvalue weighted by Crippen LogP contribution is 2.40. The average molecular weight is 496 g/mol. The number of azo groups is 1. The van der Waals surface area contributed by atoms with Crippen LogP contribution in [0.3, 0.4) is 0 Å². The second-order valence-corrected chi connectivity index (χ2v) is 9.22. The summed E-state index contributed by atoms with van der Waals surface area (Å²) in [6, 6.07) is 20.1. The topological polar surface area (TPSA) is 117 Å². The Bertz CT molecular complexity index is 1520. The third-order valence-corrected chi connectivity index (χ3v) is 6.58. The Balaban J connectivity index is 1.76. The second-order valence-electron chi connectivity index (χ2n) is 7.10. The van der Waals surface area contributed by atoms with Crippen LogP contribution in [0.5, 0.6) is 11.5 Å². The molecule has 0 aliphatic rings. The minimum Gasteiger partial charge on any atom is -0.505 e. The van der Waals surface area contributed by atoms with Crippen LogP contribution in [-0.4, -0.2) is 26.5 Å². The summed E-state index contributed by atoms with van der Waals surface area (Å²) in [5, 5.41) is 19.5. The van der Waals surface area contributed by atoms with Gasteiger partial charge < -0.3 is 9.84 Å². The highest BCUT2D eigenvalue weighted by atomic mass is 35.5. The van der Waals surface area contributed by atoms with Crippen LogP contribution in [0.1, 0.15) is 10.4 Å². The fraction of sp³-hybridized carbons (Fsp3) is 0.0417. The zero-order valence-electron chi connectivity index (χ0n) is 17.8. The summed E-state index contributed by atoms with van der Waals surface area (Å²) in [6.07, 6.45) is 0. The molecule has 0 bridgehead atoms. The van der Waals surface area contributed by atoms with Crippen LogP contribution in [0, 0.1) is 0 Å². The predicted molar refractivity (Wildman–Crippen MR) is 130 cm³/mol. The molecule has 0 radical (unpaired) electrons. The van der Waals surface area contributed by atoms with Crippen molar-refractivity contribution in [1.29, 1.82) is 0 Å². The van der Waals surface area contributed by atoms with Crippen LogP contribution in [-0.2, 0) is 10.0 Å². The van der Waals surface area contributed by atoms with Crippen molar-refractivity contribution in [2.75, 3.05) is 11.8 Å². The van der Waals surface area contributed by atoms with Gasteiger partial charge in [0.1, 0.15) is 11.4 Å². The van der Waals surface area contributed by atoms with E-state index < -0.39 is 15.9 Å². The third-order valence-electron chi connectivity index (χ3n) is 4.95. The maximum atomic E-state index is 12.9. The number of phenols is 1. The summed E-state index contributed by atoms with van der Waals surface area (Å²) < 4.78 is 33.6. The minimum absolute atomic E-state index is 0.00332. The standard InChI is InChI=1S/C24H18ClN3O5S/c1-33-22-9-5-4-8-19(22)24(30)27-26-21-14-20(17-6-2-3-7-18(17)23(21)29)28-34(31,32)16-12-10-15(25)11-13-16/h2-14,28-29H,1H3. The van der Waals surface area contributed by atoms with Crippen LogP contribution in [0.25, 0.3) is 10.8 Å². The van der Waals surface area contributed by atoms with Crippen molar-refractivity contribution in [2.24, 2.45) is 10.2 Å². The summed E-state index contributed by atoms with van der Waals surface area (Å²) in [4.78, 5) is 12.6. The quantitative estimate of drug-likeness (QED) is 0.254. The largest absolute Gasteiger partial charge is 0.505 e. The van der Waals surface area contributed by atoms with Gasteiger partial charge in [0.15, 0.2) is 5.75 Å². The summed E-state index contributed by atoms with van der Waals surface area (Å²) in [5.74, 6) is -0.611. The van der Waals surface area contributed by atoms with Gasteiger partial charge in [-0.3, -0.25) is 9.52 Å². The Morgan fingerprint density at radius 3 is 2.32 bits per heavy atom. The minimum atomic E-state index is -3.98. The van der Waals surface area contributed by atoms with Gasteiger partial charge in [-0.25, -0.2) is 8.42 Å². The summed E-state index contributed by atoms with van der Waals surface area (Å²) in [5.41, 5.74) is 0.260. The van der Waals surface area contributed by atoms with Crippen LogP contribution in [0.4, 0.5) is 11.4 Å². The Kier molecular flexibility index (Phi) is 6.49. The lowest BCUT2D eigenvalue weighted by Gasteiger charge is -2.13. The molecule has 34 heavy (non-hydrogen) atoms. The number of hydrogen-bond acceptors (Lipinski definition) is 6. The van der Waals surface area contributed by atoms with E-state index in [1.807, 2.05) is 0 Å². The van der Waals surface area contributed by atoms with Gasteiger partial charge in [0, 0.05) is 15.8 Å². The van der Waals surface area contributed by atoms with E-state index in [-0.39, 0.29) is 27.6 Å². The molecule has 1 amide bonds. The van der Waals surface area contributed by atoms with Crippen molar-refractivity contribution >= 4 is 49.7 Å². The number of carbonyl (C=O) groups excluding carboxylic acids is 1. The lowest BCUT2D eigenvalue weighted by molar-refractivity contribution is 0.0992. The van der Waals surface area contributed by atoms with Gasteiger partial charge in [-0.2, -0.15) is 0 Å². The van der Waals surface area contributed by atoms with E-state index in [4.69, 9.17) is 16.3 Å². The Morgan fingerprint density at radius 2 is 1.62 bits per heavy atom. The van der Waals surface area contributed by atoms with Gasteiger partial charge in [-0.05, 0) is 42.5 Å². The number of nitrogens with one attached hydrogen (secondary N) is 1. The highest BCUT2D eigenvalue weighted by Gasteiger charge is 2.19. The maximum Gasteiger partial charge on any atom is 0.299 e. The molecule has 4 aromatic rings. The Morgan fingerprint density at radius 1 is 0.971 bits per heavy atom. The number of para-hydroxylation sites is 1. The molecule has 0 atom stereocenters. The number of carbonyl (C=O) groups is 1. The molecule has 8 nitrogen and oxygen atoms in total. The van der Waals surface area contributed by atoms with Gasteiger partial charge in [-0.1, -0.05) is 48.0 Å². The van der Waals surface area contributed by atoms with Crippen molar-refractivity contribution in [3.8, 4) is 11.5 Å². The number of phenolic OH excluding ortho intramolecular Hbond substituents is 1. The van der Waals surface area contributed by atoms with Gasteiger partial charge >= 0.3 is 0 Å². The van der Waals surface area contributed by atoms with Crippen LogP contribution < -0.4 is 9.46 Å². The molecule has 0 fully saturated rings. The predicted octanol–water partition coefficient (Wildman–Crippen LogP) is 5.93. The molecule has 172 valence electrons. The molecule has 0 aromatic heterocycles. The monoisotopic (exact) mass is 495 g/mol.